The number of ether oxygens (including phenoxy) is 2. The largest absolute Gasteiger partial charge is 0.383 e. The van der Waals surface area contributed by atoms with Gasteiger partial charge in [0.15, 0.2) is 0 Å². The van der Waals surface area contributed by atoms with E-state index in [2.05, 4.69) is 25.9 Å². The van der Waals surface area contributed by atoms with Gasteiger partial charge in [-0.2, -0.15) is 0 Å². The molecule has 1 saturated carbocycles. The lowest BCUT2D eigenvalue weighted by atomic mass is 10.2. The van der Waals surface area contributed by atoms with E-state index in [1.165, 1.54) is 12.8 Å². The van der Waals surface area contributed by atoms with Gasteiger partial charge < -0.3 is 15.2 Å². The van der Waals surface area contributed by atoms with Crippen LogP contribution in [0.15, 0.2) is 4.47 Å². The van der Waals surface area contributed by atoms with Crippen molar-refractivity contribution in [3.05, 3.63) is 16.0 Å². The molecule has 0 bridgehead atoms. The summed E-state index contributed by atoms with van der Waals surface area (Å²) in [5.41, 5.74) is 6.93. The minimum absolute atomic E-state index is 0.527. The molecule has 6 heteroatoms. The number of hydrogen-bond donors (Lipinski definition) is 1. The first kappa shape index (κ1) is 13.7. The Morgan fingerprint density at radius 2 is 2.06 bits per heavy atom. The van der Waals surface area contributed by atoms with Gasteiger partial charge >= 0.3 is 0 Å². The van der Waals surface area contributed by atoms with E-state index in [-0.39, 0.29) is 0 Å². The summed E-state index contributed by atoms with van der Waals surface area (Å²) in [7, 11) is 1.66. The molecular formula is C12H18BrN3O2. The predicted molar refractivity (Wildman–Crippen MR) is 72.5 cm³/mol. The SMILES string of the molecule is COCCOCCc1nc(N)c(Br)c(C2CC2)n1. The van der Waals surface area contributed by atoms with Gasteiger partial charge in [-0.25, -0.2) is 9.97 Å². The minimum atomic E-state index is 0.527. The Hall–Kier alpha value is -0.720. The number of methoxy groups -OCH3 is 1. The topological polar surface area (TPSA) is 70.3 Å². The van der Waals surface area contributed by atoms with E-state index in [1.54, 1.807) is 7.11 Å². The van der Waals surface area contributed by atoms with Crippen LogP contribution < -0.4 is 5.73 Å². The van der Waals surface area contributed by atoms with Crippen molar-refractivity contribution in [2.75, 3.05) is 32.7 Å². The van der Waals surface area contributed by atoms with Gasteiger partial charge in [0, 0.05) is 19.4 Å². The fraction of sp³-hybridized carbons (Fsp3) is 0.667. The number of halogens is 1. The highest BCUT2D eigenvalue weighted by Crippen LogP contribution is 2.43. The third-order valence-corrected chi connectivity index (χ3v) is 3.63. The zero-order valence-corrected chi connectivity index (χ0v) is 12.1. The molecular weight excluding hydrogens is 298 g/mol. The average Bonchev–Trinajstić information content (AvgIpc) is 3.17. The third-order valence-electron chi connectivity index (χ3n) is 2.81. The Morgan fingerprint density at radius 3 is 2.72 bits per heavy atom. The third kappa shape index (κ3) is 3.63. The first-order chi connectivity index (χ1) is 8.72. The highest BCUT2D eigenvalue weighted by molar-refractivity contribution is 9.10. The Morgan fingerprint density at radius 1 is 1.28 bits per heavy atom. The van der Waals surface area contributed by atoms with Crippen molar-refractivity contribution in [1.82, 2.24) is 9.97 Å². The maximum absolute atomic E-state index is 5.88. The normalized spacial score (nSPS) is 15.0. The molecule has 0 amide bonds. The summed E-state index contributed by atoms with van der Waals surface area (Å²) in [5, 5.41) is 0. The Kier molecular flexibility index (Phi) is 4.91. The van der Waals surface area contributed by atoms with Gasteiger partial charge in [0.2, 0.25) is 0 Å². The second-order valence-corrected chi connectivity index (χ2v) is 5.15. The van der Waals surface area contributed by atoms with Crippen LogP contribution in [0.25, 0.3) is 0 Å². The number of nitrogens with zero attached hydrogens (tertiary/aromatic N) is 2. The molecule has 1 aliphatic rings. The molecule has 1 aliphatic carbocycles. The average molecular weight is 316 g/mol. The molecule has 5 nitrogen and oxygen atoms in total. The number of anilines is 1. The van der Waals surface area contributed by atoms with Crippen LogP contribution in [-0.4, -0.2) is 36.9 Å². The van der Waals surface area contributed by atoms with Crippen LogP contribution in [0.3, 0.4) is 0 Å². The van der Waals surface area contributed by atoms with E-state index in [0.717, 1.165) is 16.0 Å². The smallest absolute Gasteiger partial charge is 0.141 e. The van der Waals surface area contributed by atoms with Crippen LogP contribution in [0.1, 0.15) is 30.3 Å². The molecule has 0 aliphatic heterocycles. The fourth-order valence-corrected chi connectivity index (χ4v) is 2.18. The van der Waals surface area contributed by atoms with Gasteiger partial charge in [-0.05, 0) is 28.8 Å². The Labute approximate surface area is 115 Å². The minimum Gasteiger partial charge on any atom is -0.383 e. The maximum Gasteiger partial charge on any atom is 0.141 e. The van der Waals surface area contributed by atoms with Gasteiger partial charge in [0.25, 0.3) is 0 Å². The molecule has 0 atom stereocenters. The highest BCUT2D eigenvalue weighted by atomic mass is 79.9. The number of nitrogen functional groups attached to an aromatic ring is 1. The lowest BCUT2D eigenvalue weighted by Crippen LogP contribution is -2.10. The molecule has 0 unspecified atom stereocenters. The maximum atomic E-state index is 5.88. The van der Waals surface area contributed by atoms with Crippen LogP contribution in [0.2, 0.25) is 0 Å². The van der Waals surface area contributed by atoms with Crippen LogP contribution in [0.4, 0.5) is 5.82 Å². The zero-order valence-electron chi connectivity index (χ0n) is 10.5. The summed E-state index contributed by atoms with van der Waals surface area (Å²) >= 11 is 3.46. The number of aromatic nitrogens is 2. The van der Waals surface area contributed by atoms with Gasteiger partial charge in [0.05, 0.1) is 30.0 Å². The van der Waals surface area contributed by atoms with E-state index in [1.807, 2.05) is 0 Å². The van der Waals surface area contributed by atoms with Crippen molar-refractivity contribution in [3.8, 4) is 0 Å². The second-order valence-electron chi connectivity index (χ2n) is 4.35. The molecule has 18 heavy (non-hydrogen) atoms. The van der Waals surface area contributed by atoms with Gasteiger partial charge in [-0.1, -0.05) is 0 Å². The monoisotopic (exact) mass is 315 g/mol. The van der Waals surface area contributed by atoms with Gasteiger partial charge in [0.1, 0.15) is 11.6 Å². The molecule has 0 radical (unpaired) electrons. The van der Waals surface area contributed by atoms with Crippen molar-refractivity contribution < 1.29 is 9.47 Å². The fourth-order valence-electron chi connectivity index (χ4n) is 1.68. The van der Waals surface area contributed by atoms with Crippen LogP contribution in [-0.2, 0) is 15.9 Å². The van der Waals surface area contributed by atoms with E-state index < -0.39 is 0 Å². The van der Waals surface area contributed by atoms with Crippen LogP contribution in [0.5, 0.6) is 0 Å². The number of nitrogens with two attached hydrogens (primary N) is 1. The lowest BCUT2D eigenvalue weighted by molar-refractivity contribution is 0.0716. The van der Waals surface area contributed by atoms with Crippen molar-refractivity contribution in [2.45, 2.75) is 25.2 Å². The molecule has 100 valence electrons. The standard InChI is InChI=1S/C12H18BrN3O2/c1-17-6-7-18-5-4-9-15-11(8-2-3-8)10(13)12(14)16-9/h8H,2-7H2,1H3,(H2,14,15,16). The Bertz CT molecular complexity index is 411. The zero-order chi connectivity index (χ0) is 13.0. The molecule has 0 aromatic carbocycles. The lowest BCUT2D eigenvalue weighted by Gasteiger charge is -2.08. The van der Waals surface area contributed by atoms with Crippen molar-refractivity contribution in [2.24, 2.45) is 0 Å². The van der Waals surface area contributed by atoms with E-state index in [9.17, 15) is 0 Å². The summed E-state index contributed by atoms with van der Waals surface area (Å²) in [5.74, 6) is 1.84. The second kappa shape index (κ2) is 6.45. The molecule has 2 N–H and O–H groups in total. The van der Waals surface area contributed by atoms with E-state index in [0.29, 0.717) is 38.0 Å². The summed E-state index contributed by atoms with van der Waals surface area (Å²) in [6.07, 6.45) is 3.07. The Balaban J connectivity index is 1.92. The molecule has 2 rings (SSSR count). The summed E-state index contributed by atoms with van der Waals surface area (Å²) in [4.78, 5) is 8.83. The van der Waals surface area contributed by atoms with E-state index >= 15 is 0 Å². The quantitative estimate of drug-likeness (QED) is 0.778. The molecule has 1 heterocycles. The van der Waals surface area contributed by atoms with Crippen molar-refractivity contribution in [3.63, 3.8) is 0 Å². The molecule has 0 spiro atoms. The van der Waals surface area contributed by atoms with E-state index in [4.69, 9.17) is 15.2 Å². The molecule has 1 fully saturated rings. The molecule has 1 aromatic rings. The van der Waals surface area contributed by atoms with Crippen LogP contribution in [0, 0.1) is 0 Å². The summed E-state index contributed by atoms with van der Waals surface area (Å²) in [6, 6.07) is 0. The van der Waals surface area contributed by atoms with Gasteiger partial charge in [-0.15, -0.1) is 0 Å². The van der Waals surface area contributed by atoms with Crippen molar-refractivity contribution >= 4 is 21.7 Å². The van der Waals surface area contributed by atoms with Crippen molar-refractivity contribution in [1.29, 1.82) is 0 Å². The highest BCUT2D eigenvalue weighted by Gasteiger charge is 2.28. The van der Waals surface area contributed by atoms with Gasteiger partial charge in [-0.3, -0.25) is 0 Å². The number of rotatable bonds is 7. The molecule has 1 aromatic heterocycles. The number of hydrogen-bond acceptors (Lipinski definition) is 5. The molecule has 0 saturated heterocycles. The predicted octanol–water partition coefficient (Wildman–Crippen LogP) is 1.90. The summed E-state index contributed by atoms with van der Waals surface area (Å²) < 4.78 is 11.2. The summed E-state index contributed by atoms with van der Waals surface area (Å²) in [6.45, 7) is 1.79. The first-order valence-corrected chi connectivity index (χ1v) is 6.90. The van der Waals surface area contributed by atoms with Crippen LogP contribution >= 0.6 is 15.9 Å². The first-order valence-electron chi connectivity index (χ1n) is 6.11.